The fourth-order valence-electron chi connectivity index (χ4n) is 3.06. The highest BCUT2D eigenvalue weighted by Crippen LogP contribution is 2.18. The minimum atomic E-state index is 0.465. The van der Waals surface area contributed by atoms with Crippen molar-refractivity contribution in [2.75, 3.05) is 33.4 Å². The van der Waals surface area contributed by atoms with Crippen LogP contribution in [0.5, 0.6) is 5.88 Å². The van der Waals surface area contributed by atoms with Crippen LogP contribution in [-0.4, -0.2) is 49.3 Å². The van der Waals surface area contributed by atoms with Crippen molar-refractivity contribution in [1.29, 1.82) is 0 Å². The number of nitrogens with zero attached hydrogens (tertiary/aromatic N) is 2. The Morgan fingerprint density at radius 1 is 1.10 bits per heavy atom. The SMILES string of the molecule is CCNC(=NCc1cccnc1OCCOC)NCCc1c[nH]c2ccccc12. The summed E-state index contributed by atoms with van der Waals surface area (Å²) in [6.45, 7) is 5.12. The van der Waals surface area contributed by atoms with Gasteiger partial charge < -0.3 is 25.1 Å². The molecule has 3 N–H and O–H groups in total. The summed E-state index contributed by atoms with van der Waals surface area (Å²) in [7, 11) is 1.65. The van der Waals surface area contributed by atoms with Gasteiger partial charge >= 0.3 is 0 Å². The van der Waals surface area contributed by atoms with E-state index in [2.05, 4.69) is 56.9 Å². The zero-order valence-corrected chi connectivity index (χ0v) is 17.1. The zero-order valence-electron chi connectivity index (χ0n) is 17.1. The molecule has 29 heavy (non-hydrogen) atoms. The van der Waals surface area contributed by atoms with Crippen molar-refractivity contribution < 1.29 is 9.47 Å². The van der Waals surface area contributed by atoms with Crippen LogP contribution in [0.15, 0.2) is 53.8 Å². The molecule has 0 saturated carbocycles. The van der Waals surface area contributed by atoms with Crippen LogP contribution in [0.3, 0.4) is 0 Å². The van der Waals surface area contributed by atoms with Crippen LogP contribution in [0.2, 0.25) is 0 Å². The number of nitrogens with one attached hydrogen (secondary N) is 3. The van der Waals surface area contributed by atoms with Gasteiger partial charge in [-0.2, -0.15) is 0 Å². The van der Waals surface area contributed by atoms with Crippen molar-refractivity contribution in [3.05, 3.63) is 59.9 Å². The number of fused-ring (bicyclic) bond motifs is 1. The monoisotopic (exact) mass is 395 g/mol. The first kappa shape index (κ1) is 20.7. The third-order valence-electron chi connectivity index (χ3n) is 4.49. The molecule has 1 aromatic carbocycles. The second-order valence-electron chi connectivity index (χ2n) is 6.54. The normalized spacial score (nSPS) is 11.6. The fourth-order valence-corrected chi connectivity index (χ4v) is 3.06. The Hall–Kier alpha value is -3.06. The highest BCUT2D eigenvalue weighted by molar-refractivity contribution is 5.83. The molecular formula is C22H29N5O2. The predicted molar refractivity (Wildman–Crippen MR) is 116 cm³/mol. The van der Waals surface area contributed by atoms with E-state index in [9.17, 15) is 0 Å². The van der Waals surface area contributed by atoms with Gasteiger partial charge in [0.05, 0.1) is 13.2 Å². The number of guanidine groups is 1. The van der Waals surface area contributed by atoms with Crippen molar-refractivity contribution >= 4 is 16.9 Å². The van der Waals surface area contributed by atoms with Gasteiger partial charge in [-0.3, -0.25) is 0 Å². The summed E-state index contributed by atoms with van der Waals surface area (Å²) in [6.07, 6.45) is 4.71. The molecule has 7 heteroatoms. The van der Waals surface area contributed by atoms with E-state index < -0.39 is 0 Å². The molecule has 0 aliphatic heterocycles. The minimum absolute atomic E-state index is 0.465. The van der Waals surface area contributed by atoms with Gasteiger partial charge in [0.2, 0.25) is 5.88 Å². The fraction of sp³-hybridized carbons (Fsp3) is 0.364. The predicted octanol–water partition coefficient (Wildman–Crippen LogP) is 2.89. The molecular weight excluding hydrogens is 366 g/mol. The summed E-state index contributed by atoms with van der Waals surface area (Å²) < 4.78 is 10.7. The number of para-hydroxylation sites is 1. The Morgan fingerprint density at radius 3 is 2.86 bits per heavy atom. The number of pyridine rings is 1. The first-order chi connectivity index (χ1) is 14.3. The number of ether oxygens (including phenoxy) is 2. The quantitative estimate of drug-likeness (QED) is 0.279. The van der Waals surface area contributed by atoms with Gasteiger partial charge in [0.1, 0.15) is 6.61 Å². The van der Waals surface area contributed by atoms with Crippen molar-refractivity contribution in [2.24, 2.45) is 4.99 Å². The van der Waals surface area contributed by atoms with Crippen LogP contribution in [0.4, 0.5) is 0 Å². The molecule has 154 valence electrons. The van der Waals surface area contributed by atoms with E-state index in [1.165, 1.54) is 16.5 Å². The third kappa shape index (κ3) is 5.96. The molecule has 2 heterocycles. The highest BCUT2D eigenvalue weighted by Gasteiger charge is 2.06. The molecule has 0 fully saturated rings. The van der Waals surface area contributed by atoms with E-state index in [4.69, 9.17) is 9.47 Å². The molecule has 0 atom stereocenters. The summed E-state index contributed by atoms with van der Waals surface area (Å²) in [5.41, 5.74) is 3.41. The van der Waals surface area contributed by atoms with Crippen LogP contribution in [-0.2, 0) is 17.7 Å². The number of H-pyrrole nitrogens is 1. The summed E-state index contributed by atoms with van der Waals surface area (Å²) in [6, 6.07) is 12.2. The lowest BCUT2D eigenvalue weighted by Crippen LogP contribution is -2.38. The van der Waals surface area contributed by atoms with Crippen LogP contribution in [0.1, 0.15) is 18.1 Å². The van der Waals surface area contributed by atoms with E-state index in [0.29, 0.717) is 25.6 Å². The molecule has 0 unspecified atom stereocenters. The molecule has 3 rings (SSSR count). The molecule has 3 aromatic rings. The smallest absolute Gasteiger partial charge is 0.218 e. The Bertz CT molecular complexity index is 922. The lowest BCUT2D eigenvalue weighted by molar-refractivity contribution is 0.143. The summed E-state index contributed by atoms with van der Waals surface area (Å²) >= 11 is 0. The van der Waals surface area contributed by atoms with E-state index in [-0.39, 0.29) is 0 Å². The highest BCUT2D eigenvalue weighted by atomic mass is 16.5. The van der Waals surface area contributed by atoms with E-state index in [1.807, 2.05) is 18.2 Å². The van der Waals surface area contributed by atoms with Gasteiger partial charge in [0.15, 0.2) is 5.96 Å². The van der Waals surface area contributed by atoms with Crippen LogP contribution >= 0.6 is 0 Å². The molecule has 0 radical (unpaired) electrons. The lowest BCUT2D eigenvalue weighted by Gasteiger charge is -2.12. The molecule has 0 aliphatic rings. The Morgan fingerprint density at radius 2 is 2.00 bits per heavy atom. The van der Waals surface area contributed by atoms with Gasteiger partial charge in [0.25, 0.3) is 0 Å². The van der Waals surface area contributed by atoms with Crippen LogP contribution in [0.25, 0.3) is 10.9 Å². The maximum Gasteiger partial charge on any atom is 0.218 e. The van der Waals surface area contributed by atoms with Crippen molar-refractivity contribution in [1.82, 2.24) is 20.6 Å². The maximum absolute atomic E-state index is 5.69. The first-order valence-electron chi connectivity index (χ1n) is 9.94. The molecule has 0 amide bonds. The molecule has 0 bridgehead atoms. The topological polar surface area (TPSA) is 83.6 Å². The number of benzene rings is 1. The Kier molecular flexibility index (Phi) is 7.89. The molecule has 7 nitrogen and oxygen atoms in total. The second kappa shape index (κ2) is 11.1. The standard InChI is InChI=1S/C22H29N5O2/c1-3-23-22(25-12-10-17-15-26-20-9-5-4-8-19(17)20)27-16-18-7-6-11-24-21(18)29-14-13-28-2/h4-9,11,15,26H,3,10,12-14,16H2,1-2H3,(H2,23,25,27). The van der Waals surface area contributed by atoms with Crippen molar-refractivity contribution in [3.63, 3.8) is 0 Å². The Labute approximate surface area is 171 Å². The number of aromatic nitrogens is 2. The molecule has 0 aliphatic carbocycles. The first-order valence-corrected chi connectivity index (χ1v) is 9.94. The van der Waals surface area contributed by atoms with Crippen molar-refractivity contribution in [3.8, 4) is 5.88 Å². The van der Waals surface area contributed by atoms with Crippen LogP contribution < -0.4 is 15.4 Å². The van der Waals surface area contributed by atoms with E-state index in [1.54, 1.807) is 13.3 Å². The average molecular weight is 396 g/mol. The van der Waals surface area contributed by atoms with Gasteiger partial charge in [-0.1, -0.05) is 24.3 Å². The molecule has 2 aromatic heterocycles. The van der Waals surface area contributed by atoms with Gasteiger partial charge in [-0.15, -0.1) is 0 Å². The second-order valence-corrected chi connectivity index (χ2v) is 6.54. The zero-order chi connectivity index (χ0) is 20.3. The maximum atomic E-state index is 5.69. The average Bonchev–Trinajstić information content (AvgIpc) is 3.16. The molecule has 0 spiro atoms. The van der Waals surface area contributed by atoms with Crippen molar-refractivity contribution in [2.45, 2.75) is 19.9 Å². The number of aromatic amines is 1. The lowest BCUT2D eigenvalue weighted by atomic mass is 10.1. The number of rotatable bonds is 10. The summed E-state index contributed by atoms with van der Waals surface area (Å²) in [5.74, 6) is 1.38. The van der Waals surface area contributed by atoms with Gasteiger partial charge in [-0.25, -0.2) is 9.98 Å². The van der Waals surface area contributed by atoms with E-state index >= 15 is 0 Å². The number of aliphatic imine (C=N–C) groups is 1. The van der Waals surface area contributed by atoms with E-state index in [0.717, 1.165) is 31.0 Å². The number of hydrogen-bond acceptors (Lipinski definition) is 4. The van der Waals surface area contributed by atoms with Gasteiger partial charge in [0, 0.05) is 49.1 Å². The van der Waals surface area contributed by atoms with Crippen LogP contribution in [0, 0.1) is 0 Å². The minimum Gasteiger partial charge on any atom is -0.475 e. The molecule has 0 saturated heterocycles. The third-order valence-corrected chi connectivity index (χ3v) is 4.49. The Balaban J connectivity index is 1.58. The van der Waals surface area contributed by atoms with Gasteiger partial charge in [-0.05, 0) is 31.0 Å². The number of hydrogen-bond donors (Lipinski definition) is 3. The number of methoxy groups -OCH3 is 1. The summed E-state index contributed by atoms with van der Waals surface area (Å²) in [5, 5.41) is 7.97. The largest absolute Gasteiger partial charge is 0.475 e. The summed E-state index contributed by atoms with van der Waals surface area (Å²) in [4.78, 5) is 12.3.